The van der Waals surface area contributed by atoms with E-state index < -0.39 is 10.0 Å². The van der Waals surface area contributed by atoms with Crippen molar-refractivity contribution in [1.29, 1.82) is 0 Å². The van der Waals surface area contributed by atoms with Crippen LogP contribution in [-0.4, -0.2) is 20.1 Å². The van der Waals surface area contributed by atoms with Gasteiger partial charge in [0.15, 0.2) is 0 Å². The van der Waals surface area contributed by atoms with Crippen LogP contribution in [-0.2, 0) is 10.0 Å². The lowest BCUT2D eigenvalue weighted by Crippen LogP contribution is -2.17. The molecule has 0 heterocycles. The van der Waals surface area contributed by atoms with Crippen molar-refractivity contribution in [2.75, 3.05) is 16.4 Å². The molecule has 0 aliphatic heterocycles. The lowest BCUT2D eigenvalue weighted by atomic mass is 10.1. The Hall–Kier alpha value is -0.780. The minimum absolute atomic E-state index is 0.0732. The fourth-order valence-electron chi connectivity index (χ4n) is 1.67. The van der Waals surface area contributed by atoms with Gasteiger partial charge < -0.3 is 0 Å². The van der Waals surface area contributed by atoms with Crippen LogP contribution in [0.1, 0.15) is 0 Å². The molecule has 0 bridgehead atoms. The summed E-state index contributed by atoms with van der Waals surface area (Å²) in [6.45, 7) is 0. The van der Waals surface area contributed by atoms with Crippen LogP contribution in [0, 0.1) is 0 Å². The maximum absolute atomic E-state index is 11.7. The Morgan fingerprint density at radius 2 is 1.78 bits per heavy atom. The molecule has 2 aromatic rings. The number of alkyl halides is 1. The van der Waals surface area contributed by atoms with Crippen LogP contribution in [0.2, 0.25) is 0 Å². The number of anilines is 1. The van der Waals surface area contributed by atoms with Crippen molar-refractivity contribution in [3.63, 3.8) is 0 Å². The molecule has 0 fully saturated rings. The zero-order valence-electron chi connectivity index (χ0n) is 9.36. The van der Waals surface area contributed by atoms with Gasteiger partial charge in [-0.3, -0.25) is 4.72 Å². The van der Waals surface area contributed by atoms with E-state index in [4.69, 9.17) is 11.6 Å². The number of benzene rings is 2. The Kier molecular flexibility index (Phi) is 4.14. The largest absolute Gasteiger partial charge is 0.283 e. The van der Waals surface area contributed by atoms with Crippen molar-refractivity contribution in [2.24, 2.45) is 0 Å². The van der Waals surface area contributed by atoms with E-state index in [-0.39, 0.29) is 11.6 Å². The van der Waals surface area contributed by atoms with E-state index in [0.717, 1.165) is 15.2 Å². The van der Waals surface area contributed by atoms with Gasteiger partial charge >= 0.3 is 0 Å². The number of hydrogen-bond acceptors (Lipinski definition) is 2. The number of rotatable bonds is 4. The maximum Gasteiger partial charge on any atom is 0.233 e. The number of halogens is 2. The Morgan fingerprint density at radius 1 is 1.11 bits per heavy atom. The molecular weight excluding hydrogens is 338 g/mol. The fraction of sp³-hybridized carbons (Fsp3) is 0.167. The monoisotopic (exact) mass is 347 g/mol. The molecule has 18 heavy (non-hydrogen) atoms. The smallest absolute Gasteiger partial charge is 0.233 e. The molecule has 0 atom stereocenters. The fourth-order valence-corrected chi connectivity index (χ4v) is 3.58. The zero-order valence-corrected chi connectivity index (χ0v) is 12.5. The van der Waals surface area contributed by atoms with E-state index in [9.17, 15) is 8.42 Å². The SMILES string of the molecule is O=S(=O)(CCCl)Nc1ccc(Br)c2ccccc12. The molecule has 6 heteroatoms. The van der Waals surface area contributed by atoms with Crippen molar-refractivity contribution < 1.29 is 8.42 Å². The summed E-state index contributed by atoms with van der Waals surface area (Å²) in [5, 5.41) is 1.81. The van der Waals surface area contributed by atoms with Gasteiger partial charge in [0.05, 0.1) is 11.4 Å². The summed E-state index contributed by atoms with van der Waals surface area (Å²) in [5.74, 6) is -0.0251. The highest BCUT2D eigenvalue weighted by Crippen LogP contribution is 2.30. The average Bonchev–Trinajstić information content (AvgIpc) is 2.33. The van der Waals surface area contributed by atoms with Crippen molar-refractivity contribution in [3.05, 3.63) is 40.9 Å². The molecule has 96 valence electrons. The molecule has 0 radical (unpaired) electrons. The van der Waals surface area contributed by atoms with Crippen LogP contribution in [0.25, 0.3) is 10.8 Å². The van der Waals surface area contributed by atoms with Crippen molar-refractivity contribution in [3.8, 4) is 0 Å². The van der Waals surface area contributed by atoms with Crippen molar-refractivity contribution in [1.82, 2.24) is 0 Å². The lowest BCUT2D eigenvalue weighted by molar-refractivity contribution is 0.602. The standard InChI is InChI=1S/C12H11BrClNO2S/c13-11-5-6-12(15-18(16,17)8-7-14)10-4-2-1-3-9(10)11/h1-6,15H,7-8H2. The van der Waals surface area contributed by atoms with Gasteiger partial charge in [-0.25, -0.2) is 8.42 Å². The molecule has 0 aromatic heterocycles. The number of fused-ring (bicyclic) bond motifs is 1. The maximum atomic E-state index is 11.7. The minimum Gasteiger partial charge on any atom is -0.283 e. The van der Waals surface area contributed by atoms with Gasteiger partial charge in [-0.05, 0) is 17.5 Å². The first-order valence-electron chi connectivity index (χ1n) is 5.27. The molecule has 0 saturated heterocycles. The molecule has 2 rings (SSSR count). The van der Waals surface area contributed by atoms with E-state index in [2.05, 4.69) is 20.7 Å². The van der Waals surface area contributed by atoms with Gasteiger partial charge in [0.25, 0.3) is 0 Å². The normalized spacial score (nSPS) is 11.7. The van der Waals surface area contributed by atoms with Gasteiger partial charge in [0.1, 0.15) is 0 Å². The molecule has 0 unspecified atom stereocenters. The summed E-state index contributed by atoms with van der Waals surface area (Å²) in [6, 6.07) is 11.1. The van der Waals surface area contributed by atoms with Crippen LogP contribution in [0.4, 0.5) is 5.69 Å². The molecular formula is C12H11BrClNO2S. The van der Waals surface area contributed by atoms with Gasteiger partial charge in [-0.15, -0.1) is 11.6 Å². The van der Waals surface area contributed by atoms with Gasteiger partial charge in [0.2, 0.25) is 10.0 Å². The predicted octanol–water partition coefficient (Wildman–Crippen LogP) is 3.58. The molecule has 0 aliphatic carbocycles. The second-order valence-corrected chi connectivity index (χ2v) is 6.82. The van der Waals surface area contributed by atoms with E-state index in [0.29, 0.717) is 5.69 Å². The highest BCUT2D eigenvalue weighted by atomic mass is 79.9. The summed E-state index contributed by atoms with van der Waals surface area (Å²) < 4.78 is 26.9. The van der Waals surface area contributed by atoms with Gasteiger partial charge in [0, 0.05) is 15.7 Å². The van der Waals surface area contributed by atoms with E-state index >= 15 is 0 Å². The van der Waals surface area contributed by atoms with E-state index in [1.165, 1.54) is 0 Å². The molecule has 0 amide bonds. The topological polar surface area (TPSA) is 46.2 Å². The Balaban J connectivity index is 2.50. The van der Waals surface area contributed by atoms with Crippen molar-refractivity contribution >= 4 is 54.0 Å². The first-order chi connectivity index (χ1) is 8.53. The van der Waals surface area contributed by atoms with E-state index in [1.807, 2.05) is 30.3 Å². The highest BCUT2D eigenvalue weighted by Gasteiger charge is 2.12. The first-order valence-corrected chi connectivity index (χ1v) is 8.25. The molecule has 1 N–H and O–H groups in total. The van der Waals surface area contributed by atoms with Gasteiger partial charge in [-0.2, -0.15) is 0 Å². The summed E-state index contributed by atoms with van der Waals surface area (Å²) in [4.78, 5) is 0. The molecule has 0 spiro atoms. The number of sulfonamides is 1. The highest BCUT2D eigenvalue weighted by molar-refractivity contribution is 9.10. The second-order valence-electron chi connectivity index (χ2n) is 3.75. The summed E-state index contributed by atoms with van der Waals surface area (Å²) >= 11 is 8.91. The number of nitrogens with one attached hydrogen (secondary N) is 1. The lowest BCUT2D eigenvalue weighted by Gasteiger charge is -2.10. The second kappa shape index (κ2) is 5.47. The van der Waals surface area contributed by atoms with Crippen molar-refractivity contribution in [2.45, 2.75) is 0 Å². The Bertz CT molecular complexity index is 673. The third-order valence-electron chi connectivity index (χ3n) is 2.48. The van der Waals surface area contributed by atoms with Crippen LogP contribution in [0.5, 0.6) is 0 Å². The molecule has 0 saturated carbocycles. The Labute approximate surface area is 119 Å². The molecule has 3 nitrogen and oxygen atoms in total. The first kappa shape index (κ1) is 13.6. The quantitative estimate of drug-likeness (QED) is 0.858. The van der Waals surface area contributed by atoms with Crippen LogP contribution < -0.4 is 4.72 Å². The number of hydrogen-bond donors (Lipinski definition) is 1. The zero-order chi connectivity index (χ0) is 13.2. The van der Waals surface area contributed by atoms with Crippen LogP contribution in [0.3, 0.4) is 0 Å². The van der Waals surface area contributed by atoms with Crippen LogP contribution >= 0.6 is 27.5 Å². The van der Waals surface area contributed by atoms with Crippen LogP contribution in [0.15, 0.2) is 40.9 Å². The minimum atomic E-state index is -3.39. The summed E-state index contributed by atoms with van der Waals surface area (Å²) in [7, 11) is -3.39. The summed E-state index contributed by atoms with van der Waals surface area (Å²) in [6.07, 6.45) is 0. The average molecular weight is 349 g/mol. The third-order valence-corrected chi connectivity index (χ3v) is 4.86. The Morgan fingerprint density at radius 3 is 2.44 bits per heavy atom. The van der Waals surface area contributed by atoms with Gasteiger partial charge in [-0.1, -0.05) is 40.2 Å². The predicted molar refractivity (Wildman–Crippen MR) is 79.8 cm³/mol. The third kappa shape index (κ3) is 2.96. The summed E-state index contributed by atoms with van der Waals surface area (Å²) in [5.41, 5.74) is 0.568. The molecule has 2 aromatic carbocycles. The molecule has 0 aliphatic rings. The van der Waals surface area contributed by atoms with E-state index in [1.54, 1.807) is 6.07 Å².